The van der Waals surface area contributed by atoms with E-state index in [4.69, 9.17) is 5.11 Å². The van der Waals surface area contributed by atoms with Gasteiger partial charge in [0.25, 0.3) is 5.24 Å². The van der Waals surface area contributed by atoms with Crippen LogP contribution in [0.4, 0.5) is 16.2 Å². The molecule has 8 heteroatoms. The Labute approximate surface area is 165 Å². The lowest BCUT2D eigenvalue weighted by Gasteiger charge is -2.17. The van der Waals surface area contributed by atoms with Gasteiger partial charge in [-0.25, -0.2) is 9.69 Å². The highest BCUT2D eigenvalue weighted by Crippen LogP contribution is 2.35. The molecule has 0 saturated carbocycles. The highest BCUT2D eigenvalue weighted by atomic mass is 32.2. The second-order valence-corrected chi connectivity index (χ2v) is 7.62. The van der Waals surface area contributed by atoms with Crippen LogP contribution in [0.5, 0.6) is 0 Å². The lowest BCUT2D eigenvalue weighted by Crippen LogP contribution is -2.33. The fourth-order valence-corrected chi connectivity index (χ4v) is 3.92. The van der Waals surface area contributed by atoms with E-state index in [9.17, 15) is 19.2 Å². The minimum atomic E-state index is -1.06. The molecule has 1 atom stereocenters. The molecule has 1 fully saturated rings. The van der Waals surface area contributed by atoms with Crippen LogP contribution in [0.15, 0.2) is 42.5 Å². The van der Waals surface area contributed by atoms with Crippen LogP contribution in [0.25, 0.3) is 0 Å². The van der Waals surface area contributed by atoms with Crippen molar-refractivity contribution in [3.63, 3.8) is 0 Å². The number of aromatic carboxylic acids is 1. The lowest BCUT2D eigenvalue weighted by atomic mass is 10.1. The Morgan fingerprint density at radius 1 is 1.11 bits per heavy atom. The quantitative estimate of drug-likeness (QED) is 0.798. The van der Waals surface area contributed by atoms with Crippen molar-refractivity contribution in [2.24, 2.45) is 0 Å². The average Bonchev–Trinajstić information content (AvgIpc) is 2.89. The Hall–Kier alpha value is -3.13. The highest BCUT2D eigenvalue weighted by Gasteiger charge is 2.42. The molecule has 0 spiro atoms. The summed E-state index contributed by atoms with van der Waals surface area (Å²) in [5.74, 6) is -1.90. The number of carbonyl (C=O) groups is 4. The number of nitrogens with zero attached hydrogens (tertiary/aromatic N) is 1. The molecule has 1 aliphatic heterocycles. The molecule has 1 aliphatic rings. The topological polar surface area (TPSA) is 104 Å². The first-order chi connectivity index (χ1) is 13.3. The van der Waals surface area contributed by atoms with Gasteiger partial charge in [0.1, 0.15) is 5.25 Å². The molecule has 1 unspecified atom stereocenters. The predicted molar refractivity (Wildman–Crippen MR) is 107 cm³/mol. The number of benzene rings is 2. The first-order valence-corrected chi connectivity index (χ1v) is 9.39. The van der Waals surface area contributed by atoms with Gasteiger partial charge in [-0.05, 0) is 61.5 Å². The lowest BCUT2D eigenvalue weighted by molar-refractivity contribution is -0.121. The van der Waals surface area contributed by atoms with Gasteiger partial charge in [0, 0.05) is 12.1 Å². The van der Waals surface area contributed by atoms with E-state index in [1.54, 1.807) is 6.07 Å². The summed E-state index contributed by atoms with van der Waals surface area (Å²) in [6.45, 7) is 3.75. The van der Waals surface area contributed by atoms with E-state index < -0.39 is 28.3 Å². The van der Waals surface area contributed by atoms with Gasteiger partial charge in [0.15, 0.2) is 0 Å². The first kappa shape index (κ1) is 19.6. The number of carboxylic acid groups (broad SMARTS) is 1. The maximum absolute atomic E-state index is 12.7. The minimum absolute atomic E-state index is 0.106. The summed E-state index contributed by atoms with van der Waals surface area (Å²) >= 11 is 0.834. The first-order valence-electron chi connectivity index (χ1n) is 8.51. The Bertz CT molecular complexity index is 971. The number of aryl methyl sites for hydroxylation is 2. The molecule has 2 aromatic rings. The molecule has 2 N–H and O–H groups in total. The normalized spacial score (nSPS) is 16.4. The minimum Gasteiger partial charge on any atom is -0.478 e. The summed E-state index contributed by atoms with van der Waals surface area (Å²) in [5, 5.41) is 10.3. The van der Waals surface area contributed by atoms with E-state index in [0.717, 1.165) is 27.8 Å². The van der Waals surface area contributed by atoms with Crippen LogP contribution in [-0.4, -0.2) is 33.4 Å². The molecular weight excluding hydrogens is 380 g/mol. The molecular formula is C20H18N2O5S. The smallest absolute Gasteiger partial charge is 0.335 e. The molecule has 2 aromatic carbocycles. The summed E-state index contributed by atoms with van der Waals surface area (Å²) in [6.07, 6.45) is -0.155. The predicted octanol–water partition coefficient (Wildman–Crippen LogP) is 3.60. The molecule has 0 bridgehead atoms. The summed E-state index contributed by atoms with van der Waals surface area (Å²) in [7, 11) is 0. The monoisotopic (exact) mass is 398 g/mol. The Morgan fingerprint density at radius 3 is 2.39 bits per heavy atom. The second-order valence-electron chi connectivity index (χ2n) is 6.47. The van der Waals surface area contributed by atoms with Crippen molar-refractivity contribution in [2.75, 3.05) is 10.2 Å². The summed E-state index contributed by atoms with van der Waals surface area (Å²) in [4.78, 5) is 49.3. The van der Waals surface area contributed by atoms with Crippen molar-refractivity contribution >= 4 is 46.2 Å². The number of thioether (sulfide) groups is 1. The van der Waals surface area contributed by atoms with E-state index in [0.29, 0.717) is 11.4 Å². The molecule has 1 heterocycles. The summed E-state index contributed by atoms with van der Waals surface area (Å²) in [5.41, 5.74) is 2.89. The second kappa shape index (κ2) is 7.85. The number of hydrogen-bond donors (Lipinski definition) is 2. The van der Waals surface area contributed by atoms with Crippen molar-refractivity contribution < 1.29 is 24.3 Å². The SMILES string of the molecule is Cc1ccc(N2C(=O)SC(CC(=O)Nc3ccc(C(=O)O)cc3)C2=O)c(C)c1. The molecule has 28 heavy (non-hydrogen) atoms. The molecule has 0 radical (unpaired) electrons. The number of nitrogens with one attached hydrogen (secondary N) is 1. The number of amides is 3. The van der Waals surface area contributed by atoms with E-state index in [2.05, 4.69) is 5.32 Å². The van der Waals surface area contributed by atoms with Crippen LogP contribution in [0.3, 0.4) is 0 Å². The number of anilines is 2. The fourth-order valence-electron chi connectivity index (χ4n) is 2.94. The van der Waals surface area contributed by atoms with Crippen molar-refractivity contribution in [2.45, 2.75) is 25.5 Å². The van der Waals surface area contributed by atoms with Gasteiger partial charge in [-0.1, -0.05) is 17.7 Å². The van der Waals surface area contributed by atoms with Crippen LogP contribution in [-0.2, 0) is 9.59 Å². The van der Waals surface area contributed by atoms with Crippen LogP contribution in [0, 0.1) is 13.8 Å². The zero-order valence-corrected chi connectivity index (χ0v) is 16.1. The van der Waals surface area contributed by atoms with Crippen molar-refractivity contribution in [1.82, 2.24) is 0 Å². The van der Waals surface area contributed by atoms with Gasteiger partial charge in [0.05, 0.1) is 11.3 Å². The van der Waals surface area contributed by atoms with Crippen LogP contribution < -0.4 is 10.2 Å². The Morgan fingerprint density at radius 2 is 1.79 bits per heavy atom. The molecule has 0 aliphatic carbocycles. The summed E-state index contributed by atoms with van der Waals surface area (Å²) in [6, 6.07) is 11.1. The highest BCUT2D eigenvalue weighted by molar-refractivity contribution is 8.15. The maximum Gasteiger partial charge on any atom is 0.335 e. The molecule has 144 valence electrons. The van der Waals surface area contributed by atoms with Crippen LogP contribution in [0.2, 0.25) is 0 Å². The average molecular weight is 398 g/mol. The molecule has 3 amide bonds. The van der Waals surface area contributed by atoms with Crippen LogP contribution in [0.1, 0.15) is 27.9 Å². The molecule has 3 rings (SSSR count). The van der Waals surface area contributed by atoms with E-state index in [1.165, 1.54) is 24.3 Å². The number of carboxylic acids is 1. The van der Waals surface area contributed by atoms with Gasteiger partial charge in [0.2, 0.25) is 11.8 Å². The standard InChI is InChI=1S/C20H18N2O5S/c1-11-3-8-15(12(2)9-11)22-18(24)16(28-20(22)27)10-17(23)21-14-6-4-13(5-7-14)19(25)26/h3-9,16H,10H2,1-2H3,(H,21,23)(H,25,26). The van der Waals surface area contributed by atoms with E-state index in [-0.39, 0.29) is 12.0 Å². The fraction of sp³-hybridized carbons (Fsp3) is 0.200. The van der Waals surface area contributed by atoms with E-state index >= 15 is 0 Å². The van der Waals surface area contributed by atoms with Gasteiger partial charge < -0.3 is 10.4 Å². The largest absolute Gasteiger partial charge is 0.478 e. The molecule has 7 nitrogen and oxygen atoms in total. The Kier molecular flexibility index (Phi) is 5.51. The zero-order chi connectivity index (χ0) is 20.4. The number of carbonyl (C=O) groups excluding carboxylic acids is 3. The third-order valence-electron chi connectivity index (χ3n) is 4.30. The third kappa shape index (κ3) is 4.07. The van der Waals surface area contributed by atoms with Crippen molar-refractivity contribution in [3.8, 4) is 0 Å². The van der Waals surface area contributed by atoms with Crippen LogP contribution >= 0.6 is 11.8 Å². The van der Waals surface area contributed by atoms with Gasteiger partial charge in [-0.2, -0.15) is 0 Å². The number of rotatable bonds is 5. The Balaban J connectivity index is 1.67. The van der Waals surface area contributed by atoms with Gasteiger partial charge >= 0.3 is 5.97 Å². The van der Waals surface area contributed by atoms with Crippen molar-refractivity contribution in [1.29, 1.82) is 0 Å². The number of imide groups is 1. The van der Waals surface area contributed by atoms with Gasteiger partial charge in [-0.15, -0.1) is 0 Å². The molecule has 0 aromatic heterocycles. The maximum atomic E-state index is 12.7. The zero-order valence-electron chi connectivity index (χ0n) is 15.3. The van der Waals surface area contributed by atoms with E-state index in [1.807, 2.05) is 26.0 Å². The van der Waals surface area contributed by atoms with Gasteiger partial charge in [-0.3, -0.25) is 14.4 Å². The summed E-state index contributed by atoms with van der Waals surface area (Å²) < 4.78 is 0. The third-order valence-corrected chi connectivity index (χ3v) is 5.34. The van der Waals surface area contributed by atoms with Crippen molar-refractivity contribution in [3.05, 3.63) is 59.2 Å². The molecule has 1 saturated heterocycles. The number of hydrogen-bond acceptors (Lipinski definition) is 5.